The Balaban J connectivity index is 0.00000304. The van der Waals surface area contributed by atoms with Crippen LogP contribution in [0.25, 0.3) is 0 Å². The van der Waals surface area contributed by atoms with Gasteiger partial charge in [-0.1, -0.05) is 42.5 Å². The van der Waals surface area contributed by atoms with Crippen LogP contribution in [0.15, 0.2) is 54.6 Å². The molecule has 2 amide bonds. The molecule has 2 aromatic carbocycles. The lowest BCUT2D eigenvalue weighted by molar-refractivity contribution is -0.123. The van der Waals surface area contributed by atoms with Gasteiger partial charge in [0.1, 0.15) is 11.4 Å². The van der Waals surface area contributed by atoms with Crippen molar-refractivity contribution in [3.63, 3.8) is 0 Å². The van der Waals surface area contributed by atoms with Crippen molar-refractivity contribution in [3.05, 3.63) is 65.7 Å². The summed E-state index contributed by atoms with van der Waals surface area (Å²) in [5, 5.41) is 3.28. The minimum atomic E-state index is -0.390. The summed E-state index contributed by atoms with van der Waals surface area (Å²) in [6.45, 7) is 3.87. The molecular formula is C28H36ClN3O4. The van der Waals surface area contributed by atoms with E-state index >= 15 is 0 Å². The number of nitrogens with zero attached hydrogens (tertiary/aromatic N) is 2. The molecule has 1 aliphatic carbocycles. The lowest BCUT2D eigenvalue weighted by Crippen LogP contribution is -2.47. The first-order valence-corrected chi connectivity index (χ1v) is 12.7. The van der Waals surface area contributed by atoms with Crippen molar-refractivity contribution in [2.75, 3.05) is 33.3 Å². The number of benzene rings is 2. The van der Waals surface area contributed by atoms with Crippen LogP contribution in [0.2, 0.25) is 0 Å². The zero-order chi connectivity index (χ0) is 24.3. The van der Waals surface area contributed by atoms with Crippen LogP contribution >= 0.6 is 12.4 Å². The van der Waals surface area contributed by atoms with E-state index in [1.165, 1.54) is 0 Å². The van der Waals surface area contributed by atoms with Crippen LogP contribution in [0.5, 0.6) is 5.75 Å². The van der Waals surface area contributed by atoms with Crippen LogP contribution in [-0.2, 0) is 16.1 Å². The summed E-state index contributed by atoms with van der Waals surface area (Å²) in [5.41, 5.74) is 1.84. The largest absolute Gasteiger partial charge is 0.497 e. The molecule has 1 N–H and O–H groups in total. The molecule has 1 atom stereocenters. The Kier molecular flexibility index (Phi) is 8.42. The first kappa shape index (κ1) is 26.3. The molecule has 7 nitrogen and oxygen atoms in total. The van der Waals surface area contributed by atoms with Crippen LogP contribution in [-0.4, -0.2) is 60.7 Å². The number of rotatable bonds is 9. The molecule has 8 heteroatoms. The molecule has 36 heavy (non-hydrogen) atoms. The van der Waals surface area contributed by atoms with Crippen LogP contribution < -0.4 is 10.1 Å². The number of piperidine rings is 1. The lowest BCUT2D eigenvalue weighted by Gasteiger charge is -2.38. The van der Waals surface area contributed by atoms with Crippen molar-refractivity contribution in [1.29, 1.82) is 0 Å². The zero-order valence-electron chi connectivity index (χ0n) is 20.9. The maximum Gasteiger partial charge on any atom is 0.410 e. The Labute approximate surface area is 219 Å². The highest BCUT2D eigenvalue weighted by Gasteiger charge is 2.46. The summed E-state index contributed by atoms with van der Waals surface area (Å²) in [6.07, 6.45) is 4.34. The van der Waals surface area contributed by atoms with Gasteiger partial charge in [0.2, 0.25) is 5.91 Å². The monoisotopic (exact) mass is 513 g/mol. The van der Waals surface area contributed by atoms with E-state index in [0.717, 1.165) is 68.6 Å². The molecule has 5 rings (SSSR count). The number of ether oxygens (including phenoxy) is 2. The van der Waals surface area contributed by atoms with E-state index in [9.17, 15) is 9.59 Å². The van der Waals surface area contributed by atoms with E-state index in [4.69, 9.17) is 9.47 Å². The molecule has 0 aromatic heterocycles. The van der Waals surface area contributed by atoms with Gasteiger partial charge in [0.05, 0.1) is 19.7 Å². The third-order valence-electron chi connectivity index (χ3n) is 7.54. The van der Waals surface area contributed by atoms with E-state index in [1.54, 1.807) is 7.11 Å². The predicted octanol–water partition coefficient (Wildman–Crippen LogP) is 4.56. The van der Waals surface area contributed by atoms with Gasteiger partial charge in [-0.25, -0.2) is 4.79 Å². The highest BCUT2D eigenvalue weighted by Crippen LogP contribution is 2.35. The van der Waals surface area contributed by atoms with Crippen molar-refractivity contribution in [3.8, 4) is 5.75 Å². The van der Waals surface area contributed by atoms with Gasteiger partial charge in [0.15, 0.2) is 0 Å². The molecule has 1 spiro atoms. The molecule has 0 bridgehead atoms. The predicted molar refractivity (Wildman–Crippen MR) is 140 cm³/mol. The molecule has 0 radical (unpaired) electrons. The van der Waals surface area contributed by atoms with Crippen molar-refractivity contribution < 1.29 is 19.1 Å². The highest BCUT2D eigenvalue weighted by molar-refractivity contribution is 5.85. The van der Waals surface area contributed by atoms with Crippen LogP contribution in [0.3, 0.4) is 0 Å². The fourth-order valence-electron chi connectivity index (χ4n) is 5.16. The van der Waals surface area contributed by atoms with Gasteiger partial charge in [-0.3, -0.25) is 9.69 Å². The molecule has 2 aliphatic heterocycles. The van der Waals surface area contributed by atoms with E-state index in [-0.39, 0.29) is 42.0 Å². The molecule has 2 aromatic rings. The maximum atomic E-state index is 12.6. The summed E-state index contributed by atoms with van der Waals surface area (Å²) in [4.78, 5) is 29.3. The summed E-state index contributed by atoms with van der Waals surface area (Å²) >= 11 is 0. The van der Waals surface area contributed by atoms with Crippen LogP contribution in [0.4, 0.5) is 4.79 Å². The van der Waals surface area contributed by atoms with Gasteiger partial charge in [-0.05, 0) is 42.5 Å². The van der Waals surface area contributed by atoms with E-state index < -0.39 is 0 Å². The quantitative estimate of drug-likeness (QED) is 0.532. The number of likely N-dealkylation sites (tertiary alicyclic amines) is 1. The molecule has 3 aliphatic rings. The number of hydrogen-bond donors (Lipinski definition) is 1. The number of carbonyl (C=O) groups excluding carboxylic acids is 2. The summed E-state index contributed by atoms with van der Waals surface area (Å²) in [6, 6.07) is 18.1. The van der Waals surface area contributed by atoms with Crippen molar-refractivity contribution in [2.45, 2.75) is 50.3 Å². The van der Waals surface area contributed by atoms with E-state index in [0.29, 0.717) is 13.1 Å². The van der Waals surface area contributed by atoms with Gasteiger partial charge >= 0.3 is 6.09 Å². The first-order chi connectivity index (χ1) is 17.0. The number of carbonyl (C=O) groups is 2. The average molecular weight is 514 g/mol. The number of halogens is 1. The van der Waals surface area contributed by atoms with Crippen LogP contribution in [0, 0.1) is 5.92 Å². The Hall–Kier alpha value is -2.77. The van der Waals surface area contributed by atoms with Gasteiger partial charge in [-0.15, -0.1) is 12.4 Å². The fraction of sp³-hybridized carbons (Fsp3) is 0.500. The summed E-state index contributed by atoms with van der Waals surface area (Å²) in [7, 11) is 1.65. The molecular weight excluding hydrogens is 478 g/mol. The Morgan fingerprint density at radius 1 is 1.11 bits per heavy atom. The molecule has 1 saturated carbocycles. The van der Waals surface area contributed by atoms with E-state index in [2.05, 4.69) is 22.3 Å². The van der Waals surface area contributed by atoms with Crippen molar-refractivity contribution in [2.24, 2.45) is 5.92 Å². The van der Waals surface area contributed by atoms with Gasteiger partial charge in [0, 0.05) is 44.9 Å². The second kappa shape index (κ2) is 11.5. The molecule has 0 unspecified atom stereocenters. The van der Waals surface area contributed by atoms with Gasteiger partial charge < -0.3 is 19.7 Å². The number of nitrogens with one attached hydrogen (secondary N) is 1. The van der Waals surface area contributed by atoms with Gasteiger partial charge in [0.25, 0.3) is 0 Å². The average Bonchev–Trinajstić information content (AvgIpc) is 3.69. The van der Waals surface area contributed by atoms with Crippen molar-refractivity contribution in [1.82, 2.24) is 15.1 Å². The number of methoxy groups -OCH3 is 1. The second-order valence-electron chi connectivity index (χ2n) is 10.1. The molecule has 2 heterocycles. The SMILES string of the molecule is COc1ccc(CN2CC3(CCN(CC[C@H](NC(=O)C4CC4)c4ccccc4)CC3)OC2=O)cc1.Cl. The second-order valence-corrected chi connectivity index (χ2v) is 10.1. The third-order valence-corrected chi connectivity index (χ3v) is 7.54. The third kappa shape index (κ3) is 6.31. The van der Waals surface area contributed by atoms with Gasteiger partial charge in [-0.2, -0.15) is 0 Å². The Bertz CT molecular complexity index is 1020. The zero-order valence-corrected chi connectivity index (χ0v) is 21.7. The summed E-state index contributed by atoms with van der Waals surface area (Å²) in [5.74, 6) is 1.20. The minimum absolute atomic E-state index is 0. The standard InChI is InChI=1S/C28H35N3O4.ClH/c1-34-24-11-7-21(8-12-24)19-31-20-28(35-27(31)33)14-17-30(18-15-28)16-13-25(22-5-3-2-4-6-22)29-26(32)23-9-10-23;/h2-8,11-12,23,25H,9-10,13-20H2,1H3,(H,29,32);1H/t25-;/m0./s1. The number of hydrogen-bond acceptors (Lipinski definition) is 5. The maximum absolute atomic E-state index is 12.6. The highest BCUT2D eigenvalue weighted by atomic mass is 35.5. The Morgan fingerprint density at radius 3 is 2.44 bits per heavy atom. The minimum Gasteiger partial charge on any atom is -0.497 e. The topological polar surface area (TPSA) is 71.1 Å². The molecule has 2 saturated heterocycles. The summed E-state index contributed by atoms with van der Waals surface area (Å²) < 4.78 is 11.1. The number of amides is 2. The Morgan fingerprint density at radius 2 is 1.81 bits per heavy atom. The smallest absolute Gasteiger partial charge is 0.410 e. The molecule has 3 fully saturated rings. The first-order valence-electron chi connectivity index (χ1n) is 12.7. The van der Waals surface area contributed by atoms with Crippen molar-refractivity contribution >= 4 is 24.4 Å². The fourth-order valence-corrected chi connectivity index (χ4v) is 5.16. The van der Waals surface area contributed by atoms with E-state index in [1.807, 2.05) is 47.4 Å². The molecule has 194 valence electrons. The normalized spacial score (nSPS) is 19.9. The van der Waals surface area contributed by atoms with Crippen LogP contribution in [0.1, 0.15) is 49.3 Å². The lowest BCUT2D eigenvalue weighted by atomic mass is 9.91.